The minimum Gasteiger partial charge on any atom is -0.346 e. The Morgan fingerprint density at radius 3 is 2.61 bits per heavy atom. The first kappa shape index (κ1) is 19.6. The lowest BCUT2D eigenvalue weighted by Crippen LogP contribution is -2.27. The Labute approximate surface area is 162 Å². The molecule has 2 aromatic heterocycles. The van der Waals surface area contributed by atoms with Gasteiger partial charge in [0.2, 0.25) is 5.95 Å². The summed E-state index contributed by atoms with van der Waals surface area (Å²) in [7, 11) is 0. The van der Waals surface area contributed by atoms with Crippen molar-refractivity contribution in [2.45, 2.75) is 12.7 Å². The van der Waals surface area contributed by atoms with Crippen molar-refractivity contribution in [1.82, 2.24) is 20.3 Å². The standard InChI is InChI=1S/C18H13ClF3N5O/c19-11-4-3-6-12(8-11)26-17-25-10-14(15(27-17)18(20,21)22)16(28)24-9-13-5-1-2-7-23-13/h1-8,10H,9H2,(H,24,28)(H,25,26,27). The molecular formula is C18H13ClF3N5O. The first-order chi connectivity index (χ1) is 13.3. The van der Waals surface area contributed by atoms with E-state index in [1.807, 2.05) is 0 Å². The summed E-state index contributed by atoms with van der Waals surface area (Å²) >= 11 is 5.85. The number of hydrogen-bond acceptors (Lipinski definition) is 5. The number of hydrogen-bond donors (Lipinski definition) is 2. The maximum Gasteiger partial charge on any atom is 0.434 e. The Balaban J connectivity index is 1.83. The average molecular weight is 408 g/mol. The van der Waals surface area contributed by atoms with E-state index in [9.17, 15) is 18.0 Å². The van der Waals surface area contributed by atoms with Gasteiger partial charge >= 0.3 is 6.18 Å². The molecule has 1 amide bonds. The quantitative estimate of drug-likeness (QED) is 0.662. The van der Waals surface area contributed by atoms with E-state index < -0.39 is 23.3 Å². The van der Waals surface area contributed by atoms with Gasteiger partial charge in [-0.05, 0) is 30.3 Å². The second-order valence-electron chi connectivity index (χ2n) is 5.59. The molecule has 3 rings (SSSR count). The molecule has 3 aromatic rings. The molecule has 2 N–H and O–H groups in total. The van der Waals surface area contributed by atoms with Gasteiger partial charge in [0.1, 0.15) is 0 Å². The summed E-state index contributed by atoms with van der Waals surface area (Å²) in [6.45, 7) is -0.0283. The van der Waals surface area contributed by atoms with Crippen LogP contribution in [0.5, 0.6) is 0 Å². The number of benzene rings is 1. The normalized spacial score (nSPS) is 11.1. The van der Waals surface area contributed by atoms with Crippen molar-refractivity contribution in [3.8, 4) is 0 Å². The van der Waals surface area contributed by atoms with Gasteiger partial charge in [0.15, 0.2) is 5.69 Å². The van der Waals surface area contributed by atoms with Crippen LogP contribution < -0.4 is 10.6 Å². The number of carbonyl (C=O) groups excluding carboxylic acids is 1. The third-order valence-corrected chi connectivity index (χ3v) is 3.77. The Morgan fingerprint density at radius 2 is 1.93 bits per heavy atom. The number of alkyl halides is 3. The molecule has 0 atom stereocenters. The highest BCUT2D eigenvalue weighted by Crippen LogP contribution is 2.31. The van der Waals surface area contributed by atoms with Crippen LogP contribution in [0.15, 0.2) is 54.9 Å². The molecule has 144 valence electrons. The van der Waals surface area contributed by atoms with E-state index in [0.29, 0.717) is 16.4 Å². The summed E-state index contributed by atoms with van der Waals surface area (Å²) in [4.78, 5) is 23.5. The van der Waals surface area contributed by atoms with Gasteiger partial charge in [-0.1, -0.05) is 23.7 Å². The molecule has 0 unspecified atom stereocenters. The van der Waals surface area contributed by atoms with E-state index in [1.165, 1.54) is 12.3 Å². The second-order valence-corrected chi connectivity index (χ2v) is 6.03. The first-order valence-corrected chi connectivity index (χ1v) is 8.35. The molecule has 0 saturated carbocycles. The number of anilines is 2. The molecular weight excluding hydrogens is 395 g/mol. The molecule has 10 heteroatoms. The van der Waals surface area contributed by atoms with Crippen molar-refractivity contribution in [1.29, 1.82) is 0 Å². The summed E-state index contributed by atoms with van der Waals surface area (Å²) < 4.78 is 40.3. The van der Waals surface area contributed by atoms with Gasteiger partial charge in [0.05, 0.1) is 17.8 Å². The highest BCUT2D eigenvalue weighted by Gasteiger charge is 2.38. The molecule has 0 saturated heterocycles. The zero-order valence-corrected chi connectivity index (χ0v) is 14.9. The van der Waals surface area contributed by atoms with Crippen LogP contribution in [-0.2, 0) is 12.7 Å². The average Bonchev–Trinajstić information content (AvgIpc) is 2.66. The molecule has 0 bridgehead atoms. The van der Waals surface area contributed by atoms with Gasteiger partial charge in [0.25, 0.3) is 5.91 Å². The molecule has 0 aliphatic rings. The van der Waals surface area contributed by atoms with Gasteiger partial charge < -0.3 is 10.6 Å². The van der Waals surface area contributed by atoms with Crippen molar-refractivity contribution in [3.05, 3.63) is 76.8 Å². The zero-order valence-electron chi connectivity index (χ0n) is 14.2. The predicted molar refractivity (Wildman–Crippen MR) is 97.2 cm³/mol. The lowest BCUT2D eigenvalue weighted by Gasteiger charge is -2.13. The number of amides is 1. The Morgan fingerprint density at radius 1 is 1.11 bits per heavy atom. The van der Waals surface area contributed by atoms with E-state index >= 15 is 0 Å². The summed E-state index contributed by atoms with van der Waals surface area (Å²) in [5, 5.41) is 5.41. The summed E-state index contributed by atoms with van der Waals surface area (Å²) in [5.74, 6) is -1.26. The molecule has 0 fully saturated rings. The monoisotopic (exact) mass is 407 g/mol. The number of halogens is 4. The Kier molecular flexibility index (Phi) is 5.74. The van der Waals surface area contributed by atoms with Crippen molar-refractivity contribution < 1.29 is 18.0 Å². The number of rotatable bonds is 5. The minimum atomic E-state index is -4.84. The third kappa shape index (κ3) is 4.95. The molecule has 1 aromatic carbocycles. The van der Waals surface area contributed by atoms with Crippen molar-refractivity contribution in [3.63, 3.8) is 0 Å². The number of aromatic nitrogens is 3. The third-order valence-electron chi connectivity index (χ3n) is 3.54. The topological polar surface area (TPSA) is 79.8 Å². The first-order valence-electron chi connectivity index (χ1n) is 7.98. The highest BCUT2D eigenvalue weighted by molar-refractivity contribution is 6.30. The van der Waals surface area contributed by atoms with E-state index in [0.717, 1.165) is 6.20 Å². The van der Waals surface area contributed by atoms with Gasteiger partial charge in [-0.25, -0.2) is 9.97 Å². The minimum absolute atomic E-state index is 0.0283. The molecule has 28 heavy (non-hydrogen) atoms. The van der Waals surface area contributed by atoms with Crippen molar-refractivity contribution in [2.24, 2.45) is 0 Å². The number of pyridine rings is 1. The van der Waals surface area contributed by atoms with Crippen LogP contribution in [0.3, 0.4) is 0 Å². The SMILES string of the molecule is O=C(NCc1ccccn1)c1cnc(Nc2cccc(Cl)c2)nc1C(F)(F)F. The molecule has 0 radical (unpaired) electrons. The predicted octanol–water partition coefficient (Wildman–Crippen LogP) is 4.22. The largest absolute Gasteiger partial charge is 0.434 e. The van der Waals surface area contributed by atoms with Crippen LogP contribution in [0, 0.1) is 0 Å². The van der Waals surface area contributed by atoms with Gasteiger partial charge in [0, 0.05) is 23.1 Å². The van der Waals surface area contributed by atoms with Crippen molar-refractivity contribution in [2.75, 3.05) is 5.32 Å². The maximum absolute atomic E-state index is 13.4. The van der Waals surface area contributed by atoms with E-state index in [4.69, 9.17) is 11.6 Å². The Hall–Kier alpha value is -3.20. The van der Waals surface area contributed by atoms with Crippen LogP contribution in [0.4, 0.5) is 24.8 Å². The fourth-order valence-corrected chi connectivity index (χ4v) is 2.48. The number of nitrogens with one attached hydrogen (secondary N) is 2. The van der Waals surface area contributed by atoms with Gasteiger partial charge in [-0.15, -0.1) is 0 Å². The lowest BCUT2D eigenvalue weighted by atomic mass is 10.2. The lowest BCUT2D eigenvalue weighted by molar-refractivity contribution is -0.141. The fourth-order valence-electron chi connectivity index (χ4n) is 2.29. The van der Waals surface area contributed by atoms with Crippen LogP contribution >= 0.6 is 11.6 Å². The number of nitrogens with zero attached hydrogens (tertiary/aromatic N) is 3. The van der Waals surface area contributed by atoms with Gasteiger partial charge in [-0.3, -0.25) is 9.78 Å². The number of carbonyl (C=O) groups is 1. The van der Waals surface area contributed by atoms with Crippen LogP contribution in [0.2, 0.25) is 5.02 Å². The summed E-state index contributed by atoms with van der Waals surface area (Å²) in [5.41, 5.74) is -1.11. The summed E-state index contributed by atoms with van der Waals surface area (Å²) in [6, 6.07) is 11.4. The molecule has 0 spiro atoms. The highest BCUT2D eigenvalue weighted by atomic mass is 35.5. The van der Waals surface area contributed by atoms with Crippen LogP contribution in [-0.4, -0.2) is 20.9 Å². The molecule has 2 heterocycles. The van der Waals surface area contributed by atoms with Crippen LogP contribution in [0.1, 0.15) is 21.7 Å². The van der Waals surface area contributed by atoms with Crippen LogP contribution in [0.25, 0.3) is 0 Å². The molecule has 6 nitrogen and oxygen atoms in total. The smallest absolute Gasteiger partial charge is 0.346 e. The Bertz CT molecular complexity index is 982. The van der Waals surface area contributed by atoms with E-state index in [1.54, 1.807) is 36.4 Å². The van der Waals surface area contributed by atoms with Crippen molar-refractivity contribution >= 4 is 29.1 Å². The van der Waals surface area contributed by atoms with E-state index in [-0.39, 0.29) is 12.5 Å². The van der Waals surface area contributed by atoms with Gasteiger partial charge in [-0.2, -0.15) is 13.2 Å². The second kappa shape index (κ2) is 8.22. The fraction of sp³-hybridized carbons (Fsp3) is 0.111. The zero-order chi connectivity index (χ0) is 20.1. The molecule has 0 aliphatic heterocycles. The summed E-state index contributed by atoms with van der Waals surface area (Å²) in [6.07, 6.45) is -2.50. The molecule has 0 aliphatic carbocycles. The van der Waals surface area contributed by atoms with E-state index in [2.05, 4.69) is 25.6 Å². The maximum atomic E-state index is 13.4.